The number of benzene rings is 2. The van der Waals surface area contributed by atoms with Gasteiger partial charge in [0.25, 0.3) is 0 Å². The van der Waals surface area contributed by atoms with Crippen molar-refractivity contribution in [2.45, 2.75) is 0 Å². The third-order valence-electron chi connectivity index (χ3n) is 3.05. The molecule has 1 heterocycles. The molecule has 0 bridgehead atoms. The van der Waals surface area contributed by atoms with Crippen molar-refractivity contribution in [1.29, 1.82) is 0 Å². The van der Waals surface area contributed by atoms with Gasteiger partial charge in [-0.15, -0.1) is 0 Å². The summed E-state index contributed by atoms with van der Waals surface area (Å²) in [5.41, 5.74) is 3.16. The number of rotatable bonds is 4. The van der Waals surface area contributed by atoms with Gasteiger partial charge >= 0.3 is 0 Å². The Morgan fingerprint density at radius 3 is 2.59 bits per heavy atom. The van der Waals surface area contributed by atoms with Crippen LogP contribution < -0.4 is 5.30 Å². The van der Waals surface area contributed by atoms with E-state index >= 15 is 0 Å². The number of aromatic nitrogens is 2. The molecule has 5 heteroatoms. The lowest BCUT2D eigenvalue weighted by Gasteiger charge is -1.99. The molecule has 0 aliphatic carbocycles. The Labute approximate surface area is 131 Å². The number of aliphatic hydroxyl groups is 1. The zero-order valence-electron chi connectivity index (χ0n) is 12.6. The van der Waals surface area contributed by atoms with Gasteiger partial charge in [0.1, 0.15) is 0 Å². The second-order valence-electron chi connectivity index (χ2n) is 4.42. The minimum atomic E-state index is 0.368. The molecule has 0 spiro atoms. The Kier molecular flexibility index (Phi) is 6.28. The topological polar surface area (TPSA) is 58.1 Å². The maximum atomic E-state index is 7.00. The number of nitrogens with one attached hydrogen (secondary N) is 1. The molecule has 0 fully saturated rings. The van der Waals surface area contributed by atoms with Crippen molar-refractivity contribution in [2.75, 3.05) is 14.2 Å². The van der Waals surface area contributed by atoms with Crippen molar-refractivity contribution < 1.29 is 9.63 Å². The van der Waals surface area contributed by atoms with E-state index < -0.39 is 0 Å². The summed E-state index contributed by atoms with van der Waals surface area (Å²) in [7, 11) is 3.08. The summed E-state index contributed by atoms with van der Waals surface area (Å²) >= 11 is 0. The molecule has 1 aromatic heterocycles. The number of aromatic amines is 1. The second kappa shape index (κ2) is 8.44. The molecule has 0 aliphatic rings. The summed E-state index contributed by atoms with van der Waals surface area (Å²) in [6, 6.07) is 16.5. The molecule has 1 atom stereocenters. The van der Waals surface area contributed by atoms with Crippen LogP contribution in [0.2, 0.25) is 0 Å². The van der Waals surface area contributed by atoms with Gasteiger partial charge in [-0.1, -0.05) is 42.5 Å². The van der Waals surface area contributed by atoms with Crippen LogP contribution in [0.3, 0.4) is 0 Å². The minimum absolute atomic E-state index is 0.368. The van der Waals surface area contributed by atoms with Crippen LogP contribution in [0.15, 0.2) is 48.5 Å². The molecule has 0 amide bonds. The Hall–Kier alpha value is -2.00. The molecule has 2 aromatic carbocycles. The largest absolute Gasteiger partial charge is 0.400 e. The first-order valence-corrected chi connectivity index (χ1v) is 7.72. The maximum Gasteiger partial charge on any atom is 0.0927 e. The first kappa shape index (κ1) is 16.4. The molecule has 22 heavy (non-hydrogen) atoms. The van der Waals surface area contributed by atoms with E-state index in [9.17, 15) is 0 Å². The van der Waals surface area contributed by atoms with Crippen LogP contribution in [-0.2, 0) is 4.52 Å². The van der Waals surface area contributed by atoms with Gasteiger partial charge in [-0.2, -0.15) is 5.10 Å². The van der Waals surface area contributed by atoms with Crippen LogP contribution in [0, 0.1) is 0 Å². The third kappa shape index (κ3) is 4.01. The highest BCUT2D eigenvalue weighted by Gasteiger charge is 2.04. The monoisotopic (exact) mass is 314 g/mol. The molecule has 2 N–H and O–H groups in total. The summed E-state index contributed by atoms with van der Waals surface area (Å²) in [6.45, 7) is 0. The van der Waals surface area contributed by atoms with Crippen molar-refractivity contribution in [3.63, 3.8) is 0 Å². The van der Waals surface area contributed by atoms with Gasteiger partial charge in [0, 0.05) is 33.7 Å². The van der Waals surface area contributed by atoms with Crippen molar-refractivity contribution in [3.8, 4) is 0 Å². The van der Waals surface area contributed by atoms with E-state index in [1.807, 2.05) is 30.3 Å². The standard InChI is InChI=1S/C16H15N2OP.CH4O/c1-19-20-13-8-10-16-14(11-13)15(17-18-16)9-7-12-5-3-2-4-6-12;1-2/h2-11,20H,1H3,(H,17,18);2H,1H3/b9-7+;. The molecule has 0 saturated heterocycles. The van der Waals surface area contributed by atoms with Gasteiger partial charge in [0.15, 0.2) is 0 Å². The number of nitrogens with zero attached hydrogens (tertiary/aromatic N) is 1. The SMILES string of the molecule is CO.COPc1ccc2[nH]nc(/C=C/c3ccccc3)c2c1. The fraction of sp³-hybridized carbons (Fsp3) is 0.118. The number of fused-ring (bicyclic) bond motifs is 1. The van der Waals surface area contributed by atoms with Gasteiger partial charge in [-0.25, -0.2) is 0 Å². The average Bonchev–Trinajstić information content (AvgIpc) is 2.98. The normalized spacial score (nSPS) is 11.2. The van der Waals surface area contributed by atoms with Gasteiger partial charge in [-0.3, -0.25) is 5.10 Å². The third-order valence-corrected chi connectivity index (χ3v) is 3.80. The summed E-state index contributed by atoms with van der Waals surface area (Å²) in [4.78, 5) is 0. The molecule has 3 rings (SSSR count). The van der Waals surface area contributed by atoms with Crippen molar-refractivity contribution in [3.05, 3.63) is 59.8 Å². The summed E-state index contributed by atoms with van der Waals surface area (Å²) < 4.78 is 5.20. The van der Waals surface area contributed by atoms with E-state index in [2.05, 4.69) is 40.5 Å². The lowest BCUT2D eigenvalue weighted by molar-refractivity contribution is 0.399. The quantitative estimate of drug-likeness (QED) is 0.727. The lowest BCUT2D eigenvalue weighted by Crippen LogP contribution is -1.92. The molecular formula is C17H19N2O2P. The van der Waals surface area contributed by atoms with Gasteiger partial charge in [-0.05, 0) is 23.8 Å². The van der Waals surface area contributed by atoms with Gasteiger partial charge in [0.2, 0.25) is 0 Å². The van der Waals surface area contributed by atoms with Gasteiger partial charge < -0.3 is 9.63 Å². The van der Waals surface area contributed by atoms with E-state index in [0.717, 1.165) is 23.7 Å². The van der Waals surface area contributed by atoms with E-state index in [1.54, 1.807) is 7.11 Å². The number of hydrogen-bond acceptors (Lipinski definition) is 3. The highest BCUT2D eigenvalue weighted by Crippen LogP contribution is 2.20. The number of hydrogen-bond donors (Lipinski definition) is 2. The zero-order chi connectivity index (χ0) is 15.8. The second-order valence-corrected chi connectivity index (χ2v) is 5.61. The fourth-order valence-electron chi connectivity index (χ4n) is 2.08. The molecule has 4 nitrogen and oxygen atoms in total. The molecular weight excluding hydrogens is 295 g/mol. The lowest BCUT2D eigenvalue weighted by atomic mass is 10.1. The van der Waals surface area contributed by atoms with Crippen LogP contribution in [-0.4, -0.2) is 29.5 Å². The first-order chi connectivity index (χ1) is 10.9. The first-order valence-electron chi connectivity index (χ1n) is 6.82. The minimum Gasteiger partial charge on any atom is -0.400 e. The van der Waals surface area contributed by atoms with Crippen LogP contribution in [0.1, 0.15) is 11.3 Å². The van der Waals surface area contributed by atoms with Crippen molar-refractivity contribution >= 4 is 37.2 Å². The molecule has 1 unspecified atom stereocenters. The van der Waals surface area contributed by atoms with E-state index in [1.165, 1.54) is 10.9 Å². The maximum absolute atomic E-state index is 7.00. The smallest absolute Gasteiger partial charge is 0.0927 e. The average molecular weight is 314 g/mol. The van der Waals surface area contributed by atoms with Crippen LogP contribution in [0.4, 0.5) is 0 Å². The number of H-pyrrole nitrogens is 1. The van der Waals surface area contributed by atoms with Gasteiger partial charge in [0.05, 0.1) is 11.2 Å². The molecule has 0 radical (unpaired) electrons. The Morgan fingerprint density at radius 1 is 1.09 bits per heavy atom. The van der Waals surface area contributed by atoms with Crippen LogP contribution >= 0.6 is 8.81 Å². The fourth-order valence-corrected chi connectivity index (χ4v) is 2.67. The van der Waals surface area contributed by atoms with Crippen LogP contribution in [0.5, 0.6) is 0 Å². The van der Waals surface area contributed by atoms with E-state index in [-0.39, 0.29) is 0 Å². The zero-order valence-corrected chi connectivity index (χ0v) is 13.6. The summed E-state index contributed by atoms with van der Waals surface area (Å²) in [6.07, 6.45) is 4.11. The molecule has 114 valence electrons. The Morgan fingerprint density at radius 2 is 1.86 bits per heavy atom. The van der Waals surface area contributed by atoms with E-state index in [0.29, 0.717) is 8.81 Å². The van der Waals surface area contributed by atoms with Crippen LogP contribution in [0.25, 0.3) is 23.1 Å². The van der Waals surface area contributed by atoms with Crippen molar-refractivity contribution in [2.24, 2.45) is 0 Å². The summed E-state index contributed by atoms with van der Waals surface area (Å²) in [5, 5.41) is 16.7. The van der Waals surface area contributed by atoms with Crippen molar-refractivity contribution in [1.82, 2.24) is 10.2 Å². The predicted octanol–water partition coefficient (Wildman–Crippen LogP) is 3.21. The van der Waals surface area contributed by atoms with E-state index in [4.69, 9.17) is 9.63 Å². The summed E-state index contributed by atoms with van der Waals surface area (Å²) in [5.74, 6) is 0. The predicted molar refractivity (Wildman–Crippen MR) is 94.6 cm³/mol. The highest BCUT2D eigenvalue weighted by atomic mass is 31.1. The highest BCUT2D eigenvalue weighted by molar-refractivity contribution is 7.41. The number of aliphatic hydroxyl groups excluding tert-OH is 1. The Balaban J connectivity index is 0.000000847. The molecule has 0 saturated carbocycles. The molecule has 3 aromatic rings. The molecule has 0 aliphatic heterocycles. The Bertz CT molecular complexity index is 739.